The van der Waals surface area contributed by atoms with E-state index < -0.39 is 0 Å². The predicted molar refractivity (Wildman–Crippen MR) is 83.9 cm³/mol. The largest absolute Gasteiger partial charge is 0.338 e. The Morgan fingerprint density at radius 1 is 0.955 bits per heavy atom. The number of carbonyl (C=O) groups is 1. The van der Waals surface area contributed by atoms with E-state index in [0.717, 1.165) is 30.8 Å². The molecule has 0 N–H and O–H groups in total. The third-order valence-corrected chi connectivity index (χ3v) is 4.79. The molecule has 3 heterocycles. The Bertz CT molecular complexity index is 766. The summed E-state index contributed by atoms with van der Waals surface area (Å²) < 4.78 is 1.89. The van der Waals surface area contributed by atoms with E-state index in [2.05, 4.69) is 0 Å². The maximum absolute atomic E-state index is 12.7. The SMILES string of the molecule is O=C(c1ccccc1)N1C[C@@H]2C[C@H](C1)c1cccc(=O)n1C2. The van der Waals surface area contributed by atoms with Crippen molar-refractivity contribution in [1.29, 1.82) is 0 Å². The number of hydrogen-bond donors (Lipinski definition) is 0. The van der Waals surface area contributed by atoms with Crippen LogP contribution in [-0.4, -0.2) is 28.5 Å². The zero-order chi connectivity index (χ0) is 15.1. The Hall–Kier alpha value is -2.36. The van der Waals surface area contributed by atoms with Gasteiger partial charge in [0, 0.05) is 42.9 Å². The van der Waals surface area contributed by atoms with Crippen molar-refractivity contribution in [2.24, 2.45) is 5.92 Å². The smallest absolute Gasteiger partial charge is 0.253 e. The molecule has 22 heavy (non-hydrogen) atoms. The highest BCUT2D eigenvalue weighted by molar-refractivity contribution is 5.94. The van der Waals surface area contributed by atoms with Gasteiger partial charge >= 0.3 is 0 Å². The third kappa shape index (κ3) is 2.15. The first-order valence-electron chi connectivity index (χ1n) is 7.76. The minimum atomic E-state index is 0.0787. The number of nitrogens with zero attached hydrogens (tertiary/aromatic N) is 2. The van der Waals surface area contributed by atoms with Gasteiger partial charge in [0.2, 0.25) is 0 Å². The molecule has 0 saturated carbocycles. The van der Waals surface area contributed by atoms with Gasteiger partial charge in [-0.15, -0.1) is 0 Å². The molecule has 4 heteroatoms. The van der Waals surface area contributed by atoms with Gasteiger partial charge in [-0.05, 0) is 30.5 Å². The lowest BCUT2D eigenvalue weighted by atomic mass is 9.83. The van der Waals surface area contributed by atoms with Crippen molar-refractivity contribution >= 4 is 5.91 Å². The van der Waals surface area contributed by atoms with Gasteiger partial charge in [0.1, 0.15) is 0 Å². The predicted octanol–water partition coefficient (Wildman–Crippen LogP) is 2.11. The second kappa shape index (κ2) is 5.13. The minimum absolute atomic E-state index is 0.0787. The van der Waals surface area contributed by atoms with Crippen molar-refractivity contribution in [3.05, 3.63) is 70.1 Å². The first-order chi connectivity index (χ1) is 10.7. The van der Waals surface area contributed by atoms with Gasteiger partial charge < -0.3 is 9.47 Å². The summed E-state index contributed by atoms with van der Waals surface area (Å²) in [6.07, 6.45) is 1.07. The van der Waals surface area contributed by atoms with Crippen LogP contribution >= 0.6 is 0 Å². The second-order valence-corrected chi connectivity index (χ2v) is 6.27. The van der Waals surface area contributed by atoms with Crippen LogP contribution in [0.1, 0.15) is 28.4 Å². The van der Waals surface area contributed by atoms with Gasteiger partial charge in [-0.1, -0.05) is 24.3 Å². The first-order valence-corrected chi connectivity index (χ1v) is 7.76. The number of likely N-dealkylation sites (tertiary alicyclic amines) is 1. The average molecular weight is 294 g/mol. The molecule has 112 valence electrons. The molecular weight excluding hydrogens is 276 g/mol. The van der Waals surface area contributed by atoms with Crippen LogP contribution in [0.15, 0.2) is 53.3 Å². The van der Waals surface area contributed by atoms with Crippen LogP contribution < -0.4 is 5.56 Å². The van der Waals surface area contributed by atoms with E-state index in [9.17, 15) is 9.59 Å². The summed E-state index contributed by atoms with van der Waals surface area (Å²) in [5, 5.41) is 0. The molecule has 2 aliphatic rings. The molecule has 0 unspecified atom stereocenters. The maximum Gasteiger partial charge on any atom is 0.253 e. The van der Waals surface area contributed by atoms with Crippen molar-refractivity contribution in [3.8, 4) is 0 Å². The number of rotatable bonds is 1. The van der Waals surface area contributed by atoms with Crippen LogP contribution in [0.5, 0.6) is 0 Å². The Labute approximate surface area is 129 Å². The summed E-state index contributed by atoms with van der Waals surface area (Å²) in [5.74, 6) is 0.745. The first kappa shape index (κ1) is 13.3. The standard InChI is InChI=1S/C18H18N2O2/c21-17-8-4-7-16-15-9-13(11-20(16)17)10-19(12-15)18(22)14-5-2-1-3-6-14/h1-8,13,15H,9-12H2/t13-,15+/m0/s1. The number of carbonyl (C=O) groups excluding carboxylic acids is 1. The number of pyridine rings is 1. The second-order valence-electron chi connectivity index (χ2n) is 6.27. The molecule has 2 bridgehead atoms. The van der Waals surface area contributed by atoms with Crippen molar-refractivity contribution in [3.63, 3.8) is 0 Å². The van der Waals surface area contributed by atoms with Crippen LogP contribution in [-0.2, 0) is 6.54 Å². The maximum atomic E-state index is 12.7. The molecule has 2 atom stereocenters. The van der Waals surface area contributed by atoms with E-state index in [-0.39, 0.29) is 17.4 Å². The molecule has 2 aromatic rings. The lowest BCUT2D eigenvalue weighted by Gasteiger charge is -2.42. The zero-order valence-electron chi connectivity index (χ0n) is 12.3. The van der Waals surface area contributed by atoms with E-state index >= 15 is 0 Å². The van der Waals surface area contributed by atoms with E-state index in [0.29, 0.717) is 12.5 Å². The number of benzene rings is 1. The van der Waals surface area contributed by atoms with Gasteiger partial charge in [0.15, 0.2) is 0 Å². The molecule has 1 aromatic carbocycles. The van der Waals surface area contributed by atoms with Gasteiger partial charge in [-0.25, -0.2) is 0 Å². The zero-order valence-corrected chi connectivity index (χ0v) is 12.3. The van der Waals surface area contributed by atoms with Crippen LogP contribution in [0.4, 0.5) is 0 Å². The fourth-order valence-electron chi connectivity index (χ4n) is 3.83. The van der Waals surface area contributed by atoms with Crippen molar-refractivity contribution in [2.75, 3.05) is 13.1 Å². The van der Waals surface area contributed by atoms with Crippen LogP contribution in [0, 0.1) is 5.92 Å². The molecule has 0 radical (unpaired) electrons. The quantitative estimate of drug-likeness (QED) is 0.808. The topological polar surface area (TPSA) is 42.3 Å². The fraction of sp³-hybridized carbons (Fsp3) is 0.333. The van der Waals surface area contributed by atoms with E-state index in [1.807, 2.05) is 51.9 Å². The highest BCUT2D eigenvalue weighted by atomic mass is 16.2. The normalized spacial score (nSPS) is 23.0. The number of hydrogen-bond acceptors (Lipinski definition) is 2. The third-order valence-electron chi connectivity index (χ3n) is 4.79. The molecule has 2 aliphatic heterocycles. The number of fused-ring (bicyclic) bond motifs is 4. The van der Waals surface area contributed by atoms with Crippen LogP contribution in [0.3, 0.4) is 0 Å². The Kier molecular flexibility index (Phi) is 3.10. The molecule has 1 aromatic heterocycles. The molecule has 4 rings (SSSR count). The lowest BCUT2D eigenvalue weighted by Crippen LogP contribution is -2.49. The lowest BCUT2D eigenvalue weighted by molar-refractivity contribution is 0.0594. The summed E-state index contributed by atoms with van der Waals surface area (Å²) in [5.41, 5.74) is 1.90. The summed E-state index contributed by atoms with van der Waals surface area (Å²) in [7, 11) is 0. The van der Waals surface area contributed by atoms with Crippen molar-refractivity contribution < 1.29 is 4.79 Å². The highest BCUT2D eigenvalue weighted by Crippen LogP contribution is 2.35. The highest BCUT2D eigenvalue weighted by Gasteiger charge is 2.36. The molecule has 1 amide bonds. The fourth-order valence-corrected chi connectivity index (χ4v) is 3.83. The minimum Gasteiger partial charge on any atom is -0.338 e. The van der Waals surface area contributed by atoms with E-state index in [1.165, 1.54) is 0 Å². The Morgan fingerprint density at radius 3 is 2.59 bits per heavy atom. The number of amides is 1. The van der Waals surface area contributed by atoms with Crippen LogP contribution in [0.2, 0.25) is 0 Å². The van der Waals surface area contributed by atoms with Crippen molar-refractivity contribution in [2.45, 2.75) is 18.9 Å². The van der Waals surface area contributed by atoms with Gasteiger partial charge in [-0.3, -0.25) is 9.59 Å². The molecule has 1 saturated heterocycles. The van der Waals surface area contributed by atoms with Gasteiger partial charge in [-0.2, -0.15) is 0 Å². The summed E-state index contributed by atoms with van der Waals surface area (Å²) in [4.78, 5) is 26.6. The number of piperidine rings is 1. The monoisotopic (exact) mass is 294 g/mol. The van der Waals surface area contributed by atoms with Crippen molar-refractivity contribution in [1.82, 2.24) is 9.47 Å². The Balaban J connectivity index is 1.64. The van der Waals surface area contributed by atoms with Crippen LogP contribution in [0.25, 0.3) is 0 Å². The van der Waals surface area contributed by atoms with Gasteiger partial charge in [0.25, 0.3) is 11.5 Å². The molecule has 0 aliphatic carbocycles. The van der Waals surface area contributed by atoms with E-state index in [4.69, 9.17) is 0 Å². The summed E-state index contributed by atoms with van der Waals surface area (Å²) >= 11 is 0. The molecular formula is C18H18N2O2. The van der Waals surface area contributed by atoms with E-state index in [1.54, 1.807) is 6.07 Å². The molecule has 4 nitrogen and oxygen atoms in total. The van der Waals surface area contributed by atoms with Gasteiger partial charge in [0.05, 0.1) is 0 Å². The summed E-state index contributed by atoms with van der Waals surface area (Å²) in [6, 6.07) is 14.9. The Morgan fingerprint density at radius 2 is 1.77 bits per heavy atom. The molecule has 1 fully saturated rings. The molecule has 0 spiro atoms. The average Bonchev–Trinajstić information content (AvgIpc) is 2.56. The summed E-state index contributed by atoms with van der Waals surface area (Å²) in [6.45, 7) is 2.17. The number of aromatic nitrogens is 1.